The molecule has 0 spiro atoms. The molecule has 0 saturated heterocycles. The molecule has 7 heteroatoms. The standard InChI is InChI=1S/C13H8ClN3O3/c14-9-3-1-8(2-4-9)13-15-11-6-5-10(17(18)19)7-12(11)20-16-13/h1-7H,(H,15,16). The lowest BCUT2D eigenvalue weighted by molar-refractivity contribution is -0.384. The van der Waals surface area contributed by atoms with Gasteiger partial charge in [-0.05, 0) is 30.3 Å². The van der Waals surface area contributed by atoms with Gasteiger partial charge in [0.25, 0.3) is 5.69 Å². The van der Waals surface area contributed by atoms with Crippen LogP contribution < -0.4 is 10.3 Å². The van der Waals surface area contributed by atoms with Crippen molar-refractivity contribution in [2.75, 3.05) is 0 Å². The quantitative estimate of drug-likeness (QED) is 0.680. The van der Waals surface area contributed by atoms with Crippen LogP contribution in [0.25, 0.3) is 0 Å². The summed E-state index contributed by atoms with van der Waals surface area (Å²) in [5.74, 6) is 0.833. The number of halogens is 1. The molecular weight excluding hydrogens is 282 g/mol. The lowest BCUT2D eigenvalue weighted by Crippen LogP contribution is -2.30. The first-order chi connectivity index (χ1) is 9.63. The zero-order chi connectivity index (χ0) is 14.1. The van der Waals surface area contributed by atoms with Gasteiger partial charge in [-0.1, -0.05) is 11.6 Å². The third-order valence-corrected chi connectivity index (χ3v) is 3.01. The molecule has 0 aromatic heterocycles. The van der Waals surface area contributed by atoms with E-state index in [9.17, 15) is 10.1 Å². The minimum atomic E-state index is -0.484. The van der Waals surface area contributed by atoms with Gasteiger partial charge in [-0.15, -0.1) is 0 Å². The minimum absolute atomic E-state index is 0.0457. The van der Waals surface area contributed by atoms with Gasteiger partial charge in [-0.3, -0.25) is 10.1 Å². The van der Waals surface area contributed by atoms with Crippen molar-refractivity contribution in [2.45, 2.75) is 0 Å². The van der Waals surface area contributed by atoms with E-state index in [-0.39, 0.29) is 5.69 Å². The van der Waals surface area contributed by atoms with E-state index >= 15 is 0 Å². The number of amidine groups is 1. The number of aliphatic imine (C=N–C) groups is 1. The maximum absolute atomic E-state index is 10.7. The molecule has 20 heavy (non-hydrogen) atoms. The molecule has 0 unspecified atom stereocenters. The summed E-state index contributed by atoms with van der Waals surface area (Å²) in [6, 6.07) is 11.3. The summed E-state index contributed by atoms with van der Waals surface area (Å²) in [6.45, 7) is 0. The molecule has 0 radical (unpaired) electrons. The summed E-state index contributed by atoms with van der Waals surface area (Å²) in [4.78, 5) is 19.9. The van der Waals surface area contributed by atoms with Gasteiger partial charge in [0, 0.05) is 16.7 Å². The number of non-ortho nitro benzene ring substituents is 1. The van der Waals surface area contributed by atoms with Crippen molar-refractivity contribution in [1.82, 2.24) is 5.48 Å². The molecule has 2 aromatic rings. The van der Waals surface area contributed by atoms with Crippen molar-refractivity contribution in [3.05, 3.63) is 63.2 Å². The molecule has 0 fully saturated rings. The van der Waals surface area contributed by atoms with Crippen LogP contribution >= 0.6 is 11.6 Å². The Morgan fingerprint density at radius 1 is 1.20 bits per heavy atom. The molecule has 0 saturated carbocycles. The zero-order valence-electron chi connectivity index (χ0n) is 10.0. The van der Waals surface area contributed by atoms with Gasteiger partial charge in [0.15, 0.2) is 11.6 Å². The highest BCUT2D eigenvalue weighted by Crippen LogP contribution is 2.33. The number of hydrogen-bond acceptors (Lipinski definition) is 5. The monoisotopic (exact) mass is 289 g/mol. The third-order valence-electron chi connectivity index (χ3n) is 2.76. The fourth-order valence-electron chi connectivity index (χ4n) is 1.77. The topological polar surface area (TPSA) is 76.8 Å². The van der Waals surface area contributed by atoms with Crippen molar-refractivity contribution in [3.8, 4) is 5.75 Å². The molecule has 0 amide bonds. The smallest absolute Gasteiger partial charge is 0.273 e. The number of hydrogen-bond donors (Lipinski definition) is 1. The van der Waals surface area contributed by atoms with Crippen LogP contribution in [-0.4, -0.2) is 10.8 Å². The van der Waals surface area contributed by atoms with Gasteiger partial charge < -0.3 is 4.84 Å². The van der Waals surface area contributed by atoms with Crippen molar-refractivity contribution in [3.63, 3.8) is 0 Å². The average molecular weight is 290 g/mol. The lowest BCUT2D eigenvalue weighted by Gasteiger charge is -2.17. The molecule has 0 aliphatic carbocycles. The molecule has 3 rings (SSSR count). The normalized spacial score (nSPS) is 12.8. The first kappa shape index (κ1) is 12.4. The summed E-state index contributed by atoms with van der Waals surface area (Å²) in [5.41, 5.74) is 3.95. The first-order valence-corrected chi connectivity index (χ1v) is 6.07. The van der Waals surface area contributed by atoms with Gasteiger partial charge in [0.05, 0.1) is 11.0 Å². The number of benzene rings is 2. The molecule has 1 N–H and O–H groups in total. The Morgan fingerprint density at radius 3 is 2.65 bits per heavy atom. The number of rotatable bonds is 2. The van der Waals surface area contributed by atoms with Crippen molar-refractivity contribution < 1.29 is 9.76 Å². The van der Waals surface area contributed by atoms with Crippen molar-refractivity contribution >= 4 is 28.8 Å². The van der Waals surface area contributed by atoms with E-state index in [0.29, 0.717) is 22.3 Å². The van der Waals surface area contributed by atoms with Crippen molar-refractivity contribution in [2.24, 2.45) is 4.99 Å². The van der Waals surface area contributed by atoms with Crippen LogP contribution in [0.3, 0.4) is 0 Å². The molecule has 1 aliphatic rings. The van der Waals surface area contributed by atoms with E-state index in [4.69, 9.17) is 16.4 Å². The third kappa shape index (κ3) is 2.28. The number of fused-ring (bicyclic) bond motifs is 1. The predicted molar refractivity (Wildman–Crippen MR) is 74.5 cm³/mol. The Labute approximate surface area is 118 Å². The molecule has 6 nitrogen and oxygen atoms in total. The first-order valence-electron chi connectivity index (χ1n) is 5.69. The fraction of sp³-hybridized carbons (Fsp3) is 0. The Balaban J connectivity index is 1.98. The summed E-state index contributed by atoms with van der Waals surface area (Å²) in [7, 11) is 0. The maximum Gasteiger partial charge on any atom is 0.273 e. The maximum atomic E-state index is 10.7. The van der Waals surface area contributed by atoms with Crippen LogP contribution in [0.15, 0.2) is 47.5 Å². The average Bonchev–Trinajstić information content (AvgIpc) is 2.47. The minimum Gasteiger partial charge on any atom is -0.378 e. The molecule has 2 aromatic carbocycles. The number of nitrogens with one attached hydrogen (secondary N) is 1. The summed E-state index contributed by atoms with van der Waals surface area (Å²) in [5, 5.41) is 11.3. The highest BCUT2D eigenvalue weighted by Gasteiger charge is 2.18. The summed E-state index contributed by atoms with van der Waals surface area (Å²) < 4.78 is 0. The summed E-state index contributed by atoms with van der Waals surface area (Å²) >= 11 is 5.82. The lowest BCUT2D eigenvalue weighted by atomic mass is 10.2. The van der Waals surface area contributed by atoms with E-state index in [1.54, 1.807) is 30.3 Å². The Morgan fingerprint density at radius 2 is 1.95 bits per heavy atom. The molecule has 0 bridgehead atoms. The summed E-state index contributed by atoms with van der Waals surface area (Å²) in [6.07, 6.45) is 0. The van der Waals surface area contributed by atoms with Crippen LogP contribution in [-0.2, 0) is 0 Å². The molecule has 0 atom stereocenters. The van der Waals surface area contributed by atoms with Crippen LogP contribution in [0.2, 0.25) is 5.02 Å². The van der Waals surface area contributed by atoms with E-state index in [0.717, 1.165) is 5.56 Å². The highest BCUT2D eigenvalue weighted by atomic mass is 35.5. The van der Waals surface area contributed by atoms with Gasteiger partial charge in [-0.25, -0.2) is 10.5 Å². The number of hydroxylamine groups is 1. The second-order valence-corrected chi connectivity index (χ2v) is 4.52. The van der Waals surface area contributed by atoms with Gasteiger partial charge >= 0.3 is 0 Å². The second-order valence-electron chi connectivity index (χ2n) is 4.08. The van der Waals surface area contributed by atoms with Gasteiger partial charge in [-0.2, -0.15) is 0 Å². The van der Waals surface area contributed by atoms with Crippen LogP contribution in [0.5, 0.6) is 5.75 Å². The highest BCUT2D eigenvalue weighted by molar-refractivity contribution is 6.30. The molecular formula is C13H8ClN3O3. The van der Waals surface area contributed by atoms with E-state index in [1.807, 2.05) is 0 Å². The van der Waals surface area contributed by atoms with E-state index in [1.165, 1.54) is 12.1 Å². The van der Waals surface area contributed by atoms with Crippen LogP contribution in [0, 0.1) is 10.1 Å². The van der Waals surface area contributed by atoms with Crippen molar-refractivity contribution in [1.29, 1.82) is 0 Å². The Hall–Kier alpha value is -2.60. The van der Waals surface area contributed by atoms with Gasteiger partial charge in [0.1, 0.15) is 5.69 Å². The number of nitro benzene ring substituents is 1. The largest absolute Gasteiger partial charge is 0.378 e. The van der Waals surface area contributed by atoms with Gasteiger partial charge in [0.2, 0.25) is 0 Å². The number of nitrogens with zero attached hydrogens (tertiary/aromatic N) is 2. The second kappa shape index (κ2) is 4.82. The Bertz CT molecular complexity index is 713. The fourth-order valence-corrected chi connectivity index (χ4v) is 1.89. The molecule has 1 aliphatic heterocycles. The molecule has 1 heterocycles. The van der Waals surface area contributed by atoms with Crippen LogP contribution in [0.1, 0.15) is 5.56 Å². The van der Waals surface area contributed by atoms with E-state index in [2.05, 4.69) is 10.5 Å². The van der Waals surface area contributed by atoms with Crippen LogP contribution in [0.4, 0.5) is 11.4 Å². The Kier molecular flexibility index (Phi) is 3.00. The molecule has 100 valence electrons. The van der Waals surface area contributed by atoms with E-state index < -0.39 is 4.92 Å². The number of nitro groups is 1. The predicted octanol–water partition coefficient (Wildman–Crippen LogP) is 3.22. The zero-order valence-corrected chi connectivity index (χ0v) is 10.8. The SMILES string of the molecule is O=[N+]([O-])c1ccc2c(c1)ONC(c1ccc(Cl)cc1)=N2.